The van der Waals surface area contributed by atoms with Gasteiger partial charge in [0.1, 0.15) is 0 Å². The minimum absolute atomic E-state index is 0.190. The van der Waals surface area contributed by atoms with Crippen LogP contribution in [0.2, 0.25) is 0 Å². The van der Waals surface area contributed by atoms with Crippen molar-refractivity contribution in [3.63, 3.8) is 0 Å². The highest BCUT2D eigenvalue weighted by Gasteiger charge is 2.06. The van der Waals surface area contributed by atoms with E-state index in [1.54, 1.807) is 0 Å². The average molecular weight is 285 g/mol. The minimum atomic E-state index is 0.190. The quantitative estimate of drug-likeness (QED) is 0.827. The van der Waals surface area contributed by atoms with E-state index in [0.717, 1.165) is 23.2 Å². The summed E-state index contributed by atoms with van der Waals surface area (Å²) in [6, 6.07) is 6.34. The van der Waals surface area contributed by atoms with Crippen molar-refractivity contribution in [1.29, 1.82) is 0 Å². The van der Waals surface area contributed by atoms with Gasteiger partial charge in [0.25, 0.3) is 0 Å². The van der Waals surface area contributed by atoms with Crippen molar-refractivity contribution < 1.29 is 0 Å². The van der Waals surface area contributed by atoms with Crippen LogP contribution >= 0.6 is 15.9 Å². The highest BCUT2D eigenvalue weighted by Crippen LogP contribution is 2.20. The minimum Gasteiger partial charge on any atom is -0.384 e. The molecule has 2 nitrogen and oxygen atoms in total. The van der Waals surface area contributed by atoms with Crippen LogP contribution in [0.15, 0.2) is 22.7 Å². The van der Waals surface area contributed by atoms with Gasteiger partial charge in [-0.2, -0.15) is 0 Å². The summed E-state index contributed by atoms with van der Waals surface area (Å²) in [6.07, 6.45) is 0. The standard InChI is InChI=1S/C13H21BrN2/c1-10-5-6-11(9-12(10)14)15-7-8-16-13(2,3)4/h5-6,9,15-16H,7-8H2,1-4H3. The van der Waals surface area contributed by atoms with Crippen molar-refractivity contribution >= 4 is 21.6 Å². The van der Waals surface area contributed by atoms with Crippen LogP contribution in [-0.2, 0) is 0 Å². The number of rotatable bonds is 4. The van der Waals surface area contributed by atoms with E-state index in [1.165, 1.54) is 5.56 Å². The zero-order valence-corrected chi connectivity index (χ0v) is 12.1. The molecule has 0 saturated carbocycles. The Morgan fingerprint density at radius 2 is 1.88 bits per heavy atom. The Morgan fingerprint density at radius 3 is 2.44 bits per heavy atom. The van der Waals surface area contributed by atoms with Gasteiger partial charge in [0.2, 0.25) is 0 Å². The molecule has 0 spiro atoms. The van der Waals surface area contributed by atoms with E-state index in [9.17, 15) is 0 Å². The number of benzene rings is 1. The molecule has 0 radical (unpaired) electrons. The van der Waals surface area contributed by atoms with E-state index in [-0.39, 0.29) is 5.54 Å². The second-order valence-corrected chi connectivity index (χ2v) is 5.92. The molecule has 0 heterocycles. The van der Waals surface area contributed by atoms with Crippen LogP contribution in [0.4, 0.5) is 5.69 Å². The predicted molar refractivity (Wildman–Crippen MR) is 75.1 cm³/mol. The summed E-state index contributed by atoms with van der Waals surface area (Å²) in [5.74, 6) is 0. The summed E-state index contributed by atoms with van der Waals surface area (Å²) in [6.45, 7) is 10.5. The molecule has 2 N–H and O–H groups in total. The van der Waals surface area contributed by atoms with Gasteiger partial charge in [-0.1, -0.05) is 22.0 Å². The highest BCUT2D eigenvalue weighted by molar-refractivity contribution is 9.10. The molecular formula is C13H21BrN2. The number of anilines is 1. The molecule has 1 aromatic carbocycles. The molecule has 0 aliphatic heterocycles. The lowest BCUT2D eigenvalue weighted by molar-refractivity contribution is 0.435. The van der Waals surface area contributed by atoms with Crippen molar-refractivity contribution in [3.8, 4) is 0 Å². The van der Waals surface area contributed by atoms with Crippen molar-refractivity contribution in [2.24, 2.45) is 0 Å². The maximum absolute atomic E-state index is 3.53. The summed E-state index contributed by atoms with van der Waals surface area (Å²) >= 11 is 3.53. The zero-order valence-electron chi connectivity index (χ0n) is 10.5. The monoisotopic (exact) mass is 284 g/mol. The van der Waals surface area contributed by atoms with Crippen LogP contribution < -0.4 is 10.6 Å². The van der Waals surface area contributed by atoms with E-state index in [1.807, 2.05) is 0 Å². The topological polar surface area (TPSA) is 24.1 Å². The highest BCUT2D eigenvalue weighted by atomic mass is 79.9. The van der Waals surface area contributed by atoms with Gasteiger partial charge in [-0.15, -0.1) is 0 Å². The van der Waals surface area contributed by atoms with Crippen LogP contribution in [0.1, 0.15) is 26.3 Å². The van der Waals surface area contributed by atoms with E-state index in [2.05, 4.69) is 72.5 Å². The molecule has 1 rings (SSSR count). The smallest absolute Gasteiger partial charge is 0.0352 e. The Kier molecular flexibility index (Phi) is 4.81. The molecular weight excluding hydrogens is 264 g/mol. The van der Waals surface area contributed by atoms with Crippen molar-refractivity contribution in [2.45, 2.75) is 33.2 Å². The average Bonchev–Trinajstić information content (AvgIpc) is 2.17. The number of aryl methyl sites for hydroxylation is 1. The molecule has 1 aromatic rings. The summed E-state index contributed by atoms with van der Waals surface area (Å²) < 4.78 is 1.15. The van der Waals surface area contributed by atoms with E-state index >= 15 is 0 Å². The van der Waals surface area contributed by atoms with Crippen molar-refractivity contribution in [1.82, 2.24) is 5.32 Å². The number of nitrogens with one attached hydrogen (secondary N) is 2. The fourth-order valence-electron chi connectivity index (χ4n) is 1.35. The lowest BCUT2D eigenvalue weighted by Gasteiger charge is -2.20. The van der Waals surface area contributed by atoms with Gasteiger partial charge in [-0.3, -0.25) is 0 Å². The van der Waals surface area contributed by atoms with Crippen molar-refractivity contribution in [3.05, 3.63) is 28.2 Å². The maximum Gasteiger partial charge on any atom is 0.0352 e. The van der Waals surface area contributed by atoms with E-state index < -0.39 is 0 Å². The second-order valence-electron chi connectivity index (χ2n) is 5.07. The van der Waals surface area contributed by atoms with Crippen molar-refractivity contribution in [2.75, 3.05) is 18.4 Å². The van der Waals surface area contributed by atoms with Crippen LogP contribution in [-0.4, -0.2) is 18.6 Å². The molecule has 0 fully saturated rings. The summed E-state index contributed by atoms with van der Waals surface area (Å²) in [5.41, 5.74) is 2.61. The normalized spacial score (nSPS) is 11.6. The zero-order chi connectivity index (χ0) is 12.2. The summed E-state index contributed by atoms with van der Waals surface area (Å²) in [5, 5.41) is 6.84. The van der Waals surface area contributed by atoms with E-state index in [0.29, 0.717) is 0 Å². The van der Waals surface area contributed by atoms with Crippen LogP contribution in [0.25, 0.3) is 0 Å². The van der Waals surface area contributed by atoms with Crippen LogP contribution in [0.3, 0.4) is 0 Å². The summed E-state index contributed by atoms with van der Waals surface area (Å²) in [4.78, 5) is 0. The molecule has 0 unspecified atom stereocenters. The number of hydrogen-bond donors (Lipinski definition) is 2. The number of hydrogen-bond acceptors (Lipinski definition) is 2. The Labute approximate surface area is 107 Å². The third-order valence-electron chi connectivity index (χ3n) is 2.28. The lowest BCUT2D eigenvalue weighted by Crippen LogP contribution is -2.38. The Morgan fingerprint density at radius 1 is 1.19 bits per heavy atom. The first-order chi connectivity index (χ1) is 7.38. The van der Waals surface area contributed by atoms with Gasteiger partial charge in [0.05, 0.1) is 0 Å². The SMILES string of the molecule is Cc1ccc(NCCNC(C)(C)C)cc1Br. The Bertz CT molecular complexity index is 342. The van der Waals surface area contributed by atoms with Crippen LogP contribution in [0.5, 0.6) is 0 Å². The fraction of sp³-hybridized carbons (Fsp3) is 0.538. The Hall–Kier alpha value is -0.540. The molecule has 0 saturated heterocycles. The first-order valence-corrected chi connectivity index (χ1v) is 6.43. The molecule has 0 bridgehead atoms. The van der Waals surface area contributed by atoms with Gasteiger partial charge in [-0.05, 0) is 45.4 Å². The third-order valence-corrected chi connectivity index (χ3v) is 3.14. The summed E-state index contributed by atoms with van der Waals surface area (Å²) in [7, 11) is 0. The fourth-order valence-corrected chi connectivity index (χ4v) is 1.73. The lowest BCUT2D eigenvalue weighted by atomic mass is 10.1. The molecule has 3 heteroatoms. The second kappa shape index (κ2) is 5.69. The largest absolute Gasteiger partial charge is 0.384 e. The first-order valence-electron chi connectivity index (χ1n) is 5.63. The number of halogens is 1. The molecule has 90 valence electrons. The first kappa shape index (κ1) is 13.5. The maximum atomic E-state index is 3.53. The van der Waals surface area contributed by atoms with Crippen LogP contribution in [0, 0.1) is 6.92 Å². The molecule has 0 aliphatic rings. The molecule has 0 amide bonds. The van der Waals surface area contributed by atoms with Gasteiger partial charge in [0.15, 0.2) is 0 Å². The van der Waals surface area contributed by atoms with E-state index in [4.69, 9.17) is 0 Å². The predicted octanol–water partition coefficient (Wildman–Crippen LogP) is 3.56. The molecule has 0 atom stereocenters. The third kappa shape index (κ3) is 4.99. The van der Waals surface area contributed by atoms with Gasteiger partial charge in [0, 0.05) is 28.8 Å². The molecule has 0 aliphatic carbocycles. The molecule has 0 aromatic heterocycles. The molecule has 16 heavy (non-hydrogen) atoms. The van der Waals surface area contributed by atoms with Gasteiger partial charge < -0.3 is 10.6 Å². The van der Waals surface area contributed by atoms with Gasteiger partial charge >= 0.3 is 0 Å². The Balaban J connectivity index is 2.35. The van der Waals surface area contributed by atoms with Gasteiger partial charge in [-0.25, -0.2) is 0 Å².